The smallest absolute Gasteiger partial charge is 0.138 e. The number of benzene rings is 4. The number of methoxy groups -OCH3 is 2. The van der Waals surface area contributed by atoms with Crippen LogP contribution in [0.15, 0.2) is 121 Å². The molecule has 2 atom stereocenters. The van der Waals surface area contributed by atoms with E-state index in [9.17, 15) is 0 Å². The molecule has 1 aliphatic rings. The van der Waals surface area contributed by atoms with Gasteiger partial charge < -0.3 is 14.2 Å². The Morgan fingerprint density at radius 1 is 0.559 bits per heavy atom. The average Bonchev–Trinajstić information content (AvgIpc) is 2.94. The highest BCUT2D eigenvalue weighted by molar-refractivity contribution is 5.48. The van der Waals surface area contributed by atoms with Crippen molar-refractivity contribution in [3.05, 3.63) is 144 Å². The molecule has 0 fully saturated rings. The Morgan fingerprint density at radius 3 is 1.53 bits per heavy atom. The quantitative estimate of drug-likeness (QED) is 0.301. The van der Waals surface area contributed by atoms with Crippen molar-refractivity contribution in [3.8, 4) is 11.5 Å². The zero-order valence-electron chi connectivity index (χ0n) is 19.5. The van der Waals surface area contributed by atoms with E-state index in [0.717, 1.165) is 33.8 Å². The molecule has 0 N–H and O–H groups in total. The summed E-state index contributed by atoms with van der Waals surface area (Å²) in [4.78, 5) is 0. The molecule has 0 bridgehead atoms. The third-order valence-corrected chi connectivity index (χ3v) is 6.61. The second-order valence-corrected chi connectivity index (χ2v) is 8.46. The molecule has 2 unspecified atom stereocenters. The van der Waals surface area contributed by atoms with E-state index in [-0.39, 0.29) is 0 Å². The van der Waals surface area contributed by atoms with Crippen LogP contribution in [0.5, 0.6) is 11.5 Å². The van der Waals surface area contributed by atoms with Crippen molar-refractivity contribution >= 4 is 0 Å². The molecule has 4 aromatic rings. The highest BCUT2D eigenvalue weighted by Crippen LogP contribution is 2.50. The summed E-state index contributed by atoms with van der Waals surface area (Å²) in [5, 5.41) is 0. The Kier molecular flexibility index (Phi) is 5.95. The maximum Gasteiger partial charge on any atom is 0.138 e. The van der Waals surface area contributed by atoms with E-state index in [0.29, 0.717) is 6.42 Å². The number of hydrogen-bond acceptors (Lipinski definition) is 3. The maximum atomic E-state index is 7.38. The van der Waals surface area contributed by atoms with Crippen LogP contribution in [0.4, 0.5) is 0 Å². The van der Waals surface area contributed by atoms with Crippen molar-refractivity contribution < 1.29 is 14.2 Å². The van der Waals surface area contributed by atoms with Crippen molar-refractivity contribution in [1.29, 1.82) is 0 Å². The van der Waals surface area contributed by atoms with E-state index in [4.69, 9.17) is 14.2 Å². The van der Waals surface area contributed by atoms with Crippen molar-refractivity contribution in [3.63, 3.8) is 0 Å². The lowest BCUT2D eigenvalue weighted by Gasteiger charge is -2.47. The second-order valence-electron chi connectivity index (χ2n) is 8.46. The van der Waals surface area contributed by atoms with E-state index >= 15 is 0 Å². The summed E-state index contributed by atoms with van der Waals surface area (Å²) in [6, 6.07) is 37.2. The summed E-state index contributed by atoms with van der Waals surface area (Å²) in [5.74, 6) is 1.64. The molecule has 0 saturated carbocycles. The first kappa shape index (κ1) is 22.0. The first-order chi connectivity index (χ1) is 16.7. The van der Waals surface area contributed by atoms with Gasteiger partial charge in [-0.25, -0.2) is 0 Å². The lowest BCUT2D eigenvalue weighted by molar-refractivity contribution is -0.108. The lowest BCUT2D eigenvalue weighted by Crippen LogP contribution is -2.44. The summed E-state index contributed by atoms with van der Waals surface area (Å²) in [7, 11) is 3.37. The molecular weight excluding hydrogens is 420 g/mol. The summed E-state index contributed by atoms with van der Waals surface area (Å²) >= 11 is 0. The number of rotatable bonds is 6. The molecule has 4 aromatic carbocycles. The topological polar surface area (TPSA) is 27.7 Å². The molecule has 0 aromatic heterocycles. The van der Waals surface area contributed by atoms with Crippen LogP contribution in [-0.2, 0) is 15.9 Å². The van der Waals surface area contributed by atoms with Gasteiger partial charge in [-0.1, -0.05) is 91.0 Å². The summed E-state index contributed by atoms with van der Waals surface area (Å²) in [6.45, 7) is 0. The summed E-state index contributed by atoms with van der Waals surface area (Å²) in [6.07, 6.45) is 5.15. The zero-order valence-corrected chi connectivity index (χ0v) is 19.5. The first-order valence-corrected chi connectivity index (χ1v) is 11.5. The Balaban J connectivity index is 1.73. The fraction of sp³-hybridized carbons (Fsp3) is 0.161. The molecule has 34 heavy (non-hydrogen) atoms. The molecule has 5 rings (SSSR count). The summed E-state index contributed by atoms with van der Waals surface area (Å²) < 4.78 is 18.2. The Bertz CT molecular complexity index is 1250. The van der Waals surface area contributed by atoms with Gasteiger partial charge in [0.15, 0.2) is 0 Å². The molecule has 170 valence electrons. The van der Waals surface area contributed by atoms with Crippen molar-refractivity contribution in [2.24, 2.45) is 0 Å². The zero-order chi connectivity index (χ0) is 23.4. The minimum absolute atomic E-state index is 0.682. The minimum atomic E-state index is -0.776. The third kappa shape index (κ3) is 3.78. The van der Waals surface area contributed by atoms with E-state index < -0.39 is 11.2 Å². The van der Waals surface area contributed by atoms with Crippen LogP contribution in [-0.4, -0.2) is 14.2 Å². The van der Waals surface area contributed by atoms with Gasteiger partial charge in [0.05, 0.1) is 14.2 Å². The number of ether oxygens (including phenoxy) is 3. The van der Waals surface area contributed by atoms with Crippen LogP contribution in [0.25, 0.3) is 0 Å². The lowest BCUT2D eigenvalue weighted by atomic mass is 9.76. The predicted octanol–water partition coefficient (Wildman–Crippen LogP) is 6.87. The monoisotopic (exact) mass is 448 g/mol. The Morgan fingerprint density at radius 2 is 1.00 bits per heavy atom. The van der Waals surface area contributed by atoms with E-state index in [1.54, 1.807) is 14.2 Å². The van der Waals surface area contributed by atoms with Gasteiger partial charge in [0.2, 0.25) is 0 Å². The van der Waals surface area contributed by atoms with Crippen LogP contribution in [0.2, 0.25) is 0 Å². The van der Waals surface area contributed by atoms with Gasteiger partial charge in [0.25, 0.3) is 0 Å². The van der Waals surface area contributed by atoms with Gasteiger partial charge in [-0.3, -0.25) is 0 Å². The van der Waals surface area contributed by atoms with Crippen LogP contribution in [0.3, 0.4) is 0 Å². The Hall–Kier alpha value is -3.82. The maximum absolute atomic E-state index is 7.38. The van der Waals surface area contributed by atoms with Crippen LogP contribution < -0.4 is 9.47 Å². The molecule has 0 radical (unpaired) electrons. The van der Waals surface area contributed by atoms with Gasteiger partial charge in [-0.2, -0.15) is 0 Å². The van der Waals surface area contributed by atoms with Crippen molar-refractivity contribution in [1.82, 2.24) is 0 Å². The largest absolute Gasteiger partial charge is 0.497 e. The van der Waals surface area contributed by atoms with Crippen LogP contribution in [0, 0.1) is 0 Å². The SMILES string of the molecule is COc1ccc(C2(c3ccccc3)C=CCC(c3ccccc3)(c3ccc(OC)cc3)O2)cc1. The normalized spacial score (nSPS) is 21.7. The van der Waals surface area contributed by atoms with E-state index in [1.165, 1.54) is 0 Å². The standard InChI is InChI=1S/C31H28O3/c1-32-28-18-14-26(15-19-28)30(24-10-5-3-6-11-24)22-9-23-31(34-30,25-12-7-4-8-13-25)27-16-20-29(33-2)21-17-27/h3-22H,23H2,1-2H3. The van der Waals surface area contributed by atoms with Crippen LogP contribution in [0.1, 0.15) is 28.7 Å². The van der Waals surface area contributed by atoms with E-state index in [2.05, 4.69) is 84.9 Å². The summed E-state index contributed by atoms with van der Waals surface area (Å²) in [5.41, 5.74) is 2.85. The van der Waals surface area contributed by atoms with Gasteiger partial charge in [0, 0.05) is 6.42 Å². The molecule has 0 saturated heterocycles. The average molecular weight is 449 g/mol. The third-order valence-electron chi connectivity index (χ3n) is 6.61. The fourth-order valence-corrected chi connectivity index (χ4v) is 4.83. The first-order valence-electron chi connectivity index (χ1n) is 11.5. The molecule has 1 aliphatic heterocycles. The van der Waals surface area contributed by atoms with Crippen molar-refractivity contribution in [2.75, 3.05) is 14.2 Å². The molecule has 1 heterocycles. The minimum Gasteiger partial charge on any atom is -0.497 e. The Labute approximate surface area is 201 Å². The van der Waals surface area contributed by atoms with E-state index in [1.807, 2.05) is 36.4 Å². The molecule has 0 aliphatic carbocycles. The highest BCUT2D eigenvalue weighted by Gasteiger charge is 2.47. The van der Waals surface area contributed by atoms with Gasteiger partial charge in [-0.05, 0) is 52.6 Å². The molecular formula is C31H28O3. The van der Waals surface area contributed by atoms with Crippen LogP contribution >= 0.6 is 0 Å². The molecule has 3 nitrogen and oxygen atoms in total. The molecule has 0 amide bonds. The highest BCUT2D eigenvalue weighted by atomic mass is 16.5. The van der Waals surface area contributed by atoms with Crippen molar-refractivity contribution in [2.45, 2.75) is 17.6 Å². The second kappa shape index (κ2) is 9.20. The van der Waals surface area contributed by atoms with Gasteiger partial charge >= 0.3 is 0 Å². The molecule has 0 spiro atoms. The van der Waals surface area contributed by atoms with Gasteiger partial charge in [-0.15, -0.1) is 0 Å². The number of hydrogen-bond donors (Lipinski definition) is 0. The fourth-order valence-electron chi connectivity index (χ4n) is 4.83. The van der Waals surface area contributed by atoms with Gasteiger partial charge in [0.1, 0.15) is 22.7 Å². The predicted molar refractivity (Wildman–Crippen MR) is 135 cm³/mol. The molecule has 3 heteroatoms.